The fourth-order valence-corrected chi connectivity index (χ4v) is 2.93. The van der Waals surface area contributed by atoms with Crippen LogP contribution in [0.5, 0.6) is 0 Å². The monoisotopic (exact) mass is 306 g/mol. The fraction of sp³-hybridized carbons (Fsp3) is 0.438. The third kappa shape index (κ3) is 3.28. The number of likely N-dealkylation sites (tertiary alicyclic amines) is 1. The number of benzene rings is 1. The molecule has 1 fully saturated rings. The van der Waals surface area contributed by atoms with Crippen molar-refractivity contribution in [3.8, 4) is 11.5 Å². The van der Waals surface area contributed by atoms with Gasteiger partial charge < -0.3 is 9.52 Å². The molecule has 21 heavy (non-hydrogen) atoms. The number of aromatic nitrogens is 1. The van der Waals surface area contributed by atoms with Gasteiger partial charge in [-0.15, -0.1) is 0 Å². The zero-order valence-electron chi connectivity index (χ0n) is 12.1. The minimum absolute atomic E-state index is 0.228. The number of halogens is 1. The predicted octanol–water partition coefficient (Wildman–Crippen LogP) is 3.26. The predicted molar refractivity (Wildman–Crippen MR) is 82.2 cm³/mol. The fourth-order valence-electron chi connectivity index (χ4n) is 2.71. The molecule has 1 aliphatic rings. The lowest BCUT2D eigenvalue weighted by Gasteiger charge is -2.29. The average Bonchev–Trinajstić information content (AvgIpc) is 2.80. The number of aliphatic hydroxyl groups is 1. The number of oxazole rings is 1. The molecular formula is C16H19ClN2O2. The zero-order valence-corrected chi connectivity index (χ0v) is 12.8. The molecule has 0 amide bonds. The number of aryl methyl sites for hydroxylation is 1. The Labute approximate surface area is 129 Å². The van der Waals surface area contributed by atoms with E-state index in [1.807, 2.05) is 31.2 Å². The Morgan fingerprint density at radius 1 is 1.43 bits per heavy atom. The maximum Gasteiger partial charge on any atom is 0.228 e. The van der Waals surface area contributed by atoms with Crippen molar-refractivity contribution in [1.29, 1.82) is 0 Å². The van der Waals surface area contributed by atoms with Crippen LogP contribution in [0.1, 0.15) is 24.3 Å². The number of piperidine rings is 1. The Hall–Kier alpha value is -1.36. The molecule has 1 atom stereocenters. The molecule has 1 N–H and O–H groups in total. The first-order valence-electron chi connectivity index (χ1n) is 7.25. The van der Waals surface area contributed by atoms with Crippen LogP contribution in [0.4, 0.5) is 0 Å². The second-order valence-electron chi connectivity index (χ2n) is 5.53. The van der Waals surface area contributed by atoms with Crippen molar-refractivity contribution in [3.05, 3.63) is 40.7 Å². The molecule has 1 unspecified atom stereocenters. The van der Waals surface area contributed by atoms with Gasteiger partial charge in [-0.2, -0.15) is 0 Å². The number of rotatable bonds is 3. The highest BCUT2D eigenvalue weighted by Crippen LogP contribution is 2.29. The number of β-amino-alcohol motifs (C(OH)–C–C–N with tert-alkyl or cyclic N) is 1. The molecule has 2 aromatic rings. The lowest BCUT2D eigenvalue weighted by molar-refractivity contribution is 0.0660. The highest BCUT2D eigenvalue weighted by molar-refractivity contribution is 6.33. The van der Waals surface area contributed by atoms with Gasteiger partial charge in [0.15, 0.2) is 0 Å². The summed E-state index contributed by atoms with van der Waals surface area (Å²) in [6.07, 6.45) is 1.68. The summed E-state index contributed by atoms with van der Waals surface area (Å²) in [7, 11) is 0. The van der Waals surface area contributed by atoms with Crippen LogP contribution in [-0.2, 0) is 6.54 Å². The van der Waals surface area contributed by atoms with E-state index in [1.54, 1.807) is 0 Å². The quantitative estimate of drug-likeness (QED) is 0.945. The van der Waals surface area contributed by atoms with Gasteiger partial charge in [-0.3, -0.25) is 4.90 Å². The second-order valence-corrected chi connectivity index (χ2v) is 5.94. The first-order chi connectivity index (χ1) is 10.1. The van der Waals surface area contributed by atoms with E-state index in [-0.39, 0.29) is 6.10 Å². The van der Waals surface area contributed by atoms with Crippen LogP contribution in [0.3, 0.4) is 0 Å². The van der Waals surface area contributed by atoms with Crippen LogP contribution in [0, 0.1) is 6.92 Å². The lowest BCUT2D eigenvalue weighted by Crippen LogP contribution is -2.37. The van der Waals surface area contributed by atoms with Gasteiger partial charge in [0.05, 0.1) is 22.4 Å². The summed E-state index contributed by atoms with van der Waals surface area (Å²) in [6.45, 7) is 4.32. The topological polar surface area (TPSA) is 49.5 Å². The molecule has 4 nitrogen and oxygen atoms in total. The third-order valence-corrected chi connectivity index (χ3v) is 4.18. The Bertz CT molecular complexity index is 626. The van der Waals surface area contributed by atoms with Crippen LogP contribution in [0.15, 0.2) is 28.7 Å². The van der Waals surface area contributed by atoms with Crippen molar-refractivity contribution in [3.63, 3.8) is 0 Å². The van der Waals surface area contributed by atoms with Crippen LogP contribution in [0.25, 0.3) is 11.5 Å². The molecule has 1 saturated heterocycles. The van der Waals surface area contributed by atoms with E-state index in [0.29, 0.717) is 24.0 Å². The van der Waals surface area contributed by atoms with E-state index >= 15 is 0 Å². The molecule has 1 aromatic carbocycles. The number of aliphatic hydroxyl groups excluding tert-OH is 1. The van der Waals surface area contributed by atoms with Crippen molar-refractivity contribution >= 4 is 11.6 Å². The van der Waals surface area contributed by atoms with E-state index in [2.05, 4.69) is 9.88 Å². The number of nitrogens with zero attached hydrogens (tertiary/aromatic N) is 2. The largest absolute Gasteiger partial charge is 0.441 e. The summed E-state index contributed by atoms with van der Waals surface area (Å²) < 4.78 is 5.77. The molecule has 5 heteroatoms. The first-order valence-corrected chi connectivity index (χ1v) is 7.63. The molecule has 112 valence electrons. The summed E-state index contributed by atoms with van der Waals surface area (Å²) in [6, 6.07) is 7.54. The number of hydrogen-bond donors (Lipinski definition) is 1. The minimum atomic E-state index is -0.228. The normalized spacial score (nSPS) is 19.9. The number of hydrogen-bond acceptors (Lipinski definition) is 4. The first kappa shape index (κ1) is 14.6. The van der Waals surface area contributed by atoms with Crippen molar-refractivity contribution in [2.24, 2.45) is 0 Å². The van der Waals surface area contributed by atoms with Gasteiger partial charge in [-0.05, 0) is 38.4 Å². The van der Waals surface area contributed by atoms with Crippen molar-refractivity contribution in [2.45, 2.75) is 32.4 Å². The van der Waals surface area contributed by atoms with E-state index in [1.165, 1.54) is 0 Å². The van der Waals surface area contributed by atoms with Crippen LogP contribution in [0.2, 0.25) is 5.02 Å². The van der Waals surface area contributed by atoms with Crippen LogP contribution < -0.4 is 0 Å². The molecule has 0 spiro atoms. The van der Waals surface area contributed by atoms with Gasteiger partial charge in [-0.1, -0.05) is 23.7 Å². The molecule has 0 saturated carbocycles. The zero-order chi connectivity index (χ0) is 14.8. The van der Waals surface area contributed by atoms with Gasteiger partial charge in [0.25, 0.3) is 0 Å². The van der Waals surface area contributed by atoms with E-state index in [9.17, 15) is 5.11 Å². The lowest BCUT2D eigenvalue weighted by atomic mass is 10.1. The molecule has 1 aliphatic heterocycles. The Balaban J connectivity index is 1.80. The Morgan fingerprint density at radius 3 is 3.00 bits per heavy atom. The Kier molecular flexibility index (Phi) is 4.29. The maximum absolute atomic E-state index is 9.74. The molecule has 2 heterocycles. The molecule has 0 bridgehead atoms. The SMILES string of the molecule is Cc1oc(-c2ccccc2Cl)nc1CN1CCCC(O)C1. The van der Waals surface area contributed by atoms with E-state index in [4.69, 9.17) is 16.0 Å². The van der Waals surface area contributed by atoms with Gasteiger partial charge >= 0.3 is 0 Å². The smallest absolute Gasteiger partial charge is 0.228 e. The molecule has 0 aliphatic carbocycles. The molecule has 0 radical (unpaired) electrons. The summed E-state index contributed by atoms with van der Waals surface area (Å²) >= 11 is 6.19. The van der Waals surface area contributed by atoms with E-state index in [0.717, 1.165) is 36.4 Å². The molecular weight excluding hydrogens is 288 g/mol. The van der Waals surface area contributed by atoms with Crippen LogP contribution in [-0.4, -0.2) is 34.2 Å². The van der Waals surface area contributed by atoms with Crippen molar-refractivity contribution in [2.75, 3.05) is 13.1 Å². The van der Waals surface area contributed by atoms with Gasteiger partial charge in [0, 0.05) is 13.1 Å². The van der Waals surface area contributed by atoms with Crippen molar-refractivity contribution < 1.29 is 9.52 Å². The highest BCUT2D eigenvalue weighted by atomic mass is 35.5. The molecule has 1 aromatic heterocycles. The van der Waals surface area contributed by atoms with E-state index < -0.39 is 0 Å². The average molecular weight is 307 g/mol. The summed E-state index contributed by atoms with van der Waals surface area (Å²) in [5, 5.41) is 10.4. The standard InChI is InChI=1S/C16H19ClN2O2/c1-11-15(10-19-8-4-5-12(20)9-19)18-16(21-11)13-6-2-3-7-14(13)17/h2-3,6-7,12,20H,4-5,8-10H2,1H3. The second kappa shape index (κ2) is 6.18. The summed E-state index contributed by atoms with van der Waals surface area (Å²) in [4.78, 5) is 6.80. The molecule has 3 rings (SSSR count). The minimum Gasteiger partial charge on any atom is -0.441 e. The highest BCUT2D eigenvalue weighted by Gasteiger charge is 2.21. The third-order valence-electron chi connectivity index (χ3n) is 3.85. The van der Waals surface area contributed by atoms with Gasteiger partial charge in [0.1, 0.15) is 5.76 Å². The van der Waals surface area contributed by atoms with Crippen molar-refractivity contribution in [1.82, 2.24) is 9.88 Å². The summed E-state index contributed by atoms with van der Waals surface area (Å²) in [5.41, 5.74) is 1.73. The van der Waals surface area contributed by atoms with Crippen LogP contribution >= 0.6 is 11.6 Å². The van der Waals surface area contributed by atoms with Gasteiger partial charge in [-0.25, -0.2) is 4.98 Å². The summed E-state index contributed by atoms with van der Waals surface area (Å²) in [5.74, 6) is 1.37. The maximum atomic E-state index is 9.74. The Morgan fingerprint density at radius 2 is 2.24 bits per heavy atom. The van der Waals surface area contributed by atoms with Gasteiger partial charge in [0.2, 0.25) is 5.89 Å².